The molecule has 0 aliphatic heterocycles. The summed E-state index contributed by atoms with van der Waals surface area (Å²) < 4.78 is 56.7. The molecular formula is C12H6BrClF4N2O. The van der Waals surface area contributed by atoms with Crippen LogP contribution in [0.1, 0.15) is 5.56 Å². The topological polar surface area (TPSA) is 48.1 Å². The predicted octanol–water partition coefficient (Wildman–Crippen LogP) is 5.03. The van der Waals surface area contributed by atoms with Gasteiger partial charge < -0.3 is 10.5 Å². The molecule has 0 radical (unpaired) electrons. The molecule has 1 heterocycles. The molecular weight excluding hydrogens is 379 g/mol. The molecule has 0 atom stereocenters. The van der Waals surface area contributed by atoms with Gasteiger partial charge in [-0.1, -0.05) is 11.6 Å². The predicted molar refractivity (Wildman–Crippen MR) is 72.8 cm³/mol. The zero-order valence-electron chi connectivity index (χ0n) is 10.0. The Morgan fingerprint density at radius 1 is 1.19 bits per heavy atom. The third-order valence-corrected chi connectivity index (χ3v) is 3.25. The van der Waals surface area contributed by atoms with E-state index in [1.165, 1.54) is 6.07 Å². The molecule has 3 nitrogen and oxygen atoms in total. The van der Waals surface area contributed by atoms with Gasteiger partial charge in [0.2, 0.25) is 5.88 Å². The van der Waals surface area contributed by atoms with E-state index in [9.17, 15) is 17.6 Å². The Bertz CT molecular complexity index is 694. The Morgan fingerprint density at radius 2 is 1.86 bits per heavy atom. The molecule has 0 spiro atoms. The number of alkyl halides is 3. The number of benzene rings is 1. The molecule has 2 N–H and O–H groups in total. The lowest BCUT2D eigenvalue weighted by Crippen LogP contribution is -2.07. The van der Waals surface area contributed by atoms with Gasteiger partial charge in [-0.25, -0.2) is 4.39 Å². The van der Waals surface area contributed by atoms with Crippen LogP contribution in [0.4, 0.5) is 23.4 Å². The first-order valence-corrected chi connectivity index (χ1v) is 6.51. The summed E-state index contributed by atoms with van der Waals surface area (Å²) in [6.07, 6.45) is -4.60. The second-order valence-corrected chi connectivity index (χ2v) is 5.18. The van der Waals surface area contributed by atoms with Gasteiger partial charge in [0.25, 0.3) is 0 Å². The van der Waals surface area contributed by atoms with E-state index < -0.39 is 23.4 Å². The van der Waals surface area contributed by atoms with Gasteiger partial charge in [-0.2, -0.15) is 18.2 Å². The minimum Gasteiger partial charge on any atom is -0.438 e. The van der Waals surface area contributed by atoms with Crippen molar-refractivity contribution in [2.24, 2.45) is 0 Å². The van der Waals surface area contributed by atoms with Crippen LogP contribution in [0.15, 0.2) is 28.7 Å². The number of nitrogens with zero attached hydrogens (tertiary/aromatic N) is 1. The lowest BCUT2D eigenvalue weighted by atomic mass is 10.2. The van der Waals surface area contributed by atoms with E-state index in [-0.39, 0.29) is 21.1 Å². The van der Waals surface area contributed by atoms with Crippen molar-refractivity contribution in [3.63, 3.8) is 0 Å². The van der Waals surface area contributed by atoms with Crippen molar-refractivity contribution in [3.05, 3.63) is 45.1 Å². The van der Waals surface area contributed by atoms with E-state index in [1.807, 2.05) is 0 Å². The minimum absolute atomic E-state index is 0.0804. The van der Waals surface area contributed by atoms with Gasteiger partial charge in [0.05, 0.1) is 15.1 Å². The molecule has 1 aromatic heterocycles. The van der Waals surface area contributed by atoms with Gasteiger partial charge in [0.1, 0.15) is 17.4 Å². The largest absolute Gasteiger partial charge is 0.438 e. The highest BCUT2D eigenvalue weighted by Gasteiger charge is 2.31. The fourth-order valence-electron chi connectivity index (χ4n) is 1.44. The third-order valence-electron chi connectivity index (χ3n) is 2.34. The Morgan fingerprint density at radius 3 is 2.48 bits per heavy atom. The van der Waals surface area contributed by atoms with Gasteiger partial charge >= 0.3 is 6.18 Å². The number of nitrogens with two attached hydrogens (primary N) is 1. The first kappa shape index (κ1) is 15.8. The van der Waals surface area contributed by atoms with Gasteiger partial charge in [-0.05, 0) is 28.1 Å². The molecule has 1 aromatic carbocycles. The highest BCUT2D eigenvalue weighted by molar-refractivity contribution is 9.10. The summed E-state index contributed by atoms with van der Waals surface area (Å²) in [7, 11) is 0. The molecule has 0 bridgehead atoms. The molecule has 2 aromatic rings. The molecule has 2 rings (SSSR count). The Balaban J connectivity index is 2.40. The molecule has 0 saturated heterocycles. The van der Waals surface area contributed by atoms with E-state index in [0.29, 0.717) is 12.1 Å². The summed E-state index contributed by atoms with van der Waals surface area (Å²) in [5.41, 5.74) is 4.29. The average Bonchev–Trinajstić information content (AvgIpc) is 2.34. The number of rotatable bonds is 2. The lowest BCUT2D eigenvalue weighted by Gasteiger charge is -2.11. The molecule has 0 saturated carbocycles. The number of hydrogen-bond acceptors (Lipinski definition) is 3. The first-order valence-electron chi connectivity index (χ1n) is 5.34. The van der Waals surface area contributed by atoms with E-state index in [2.05, 4.69) is 20.9 Å². The van der Waals surface area contributed by atoms with Crippen LogP contribution in [-0.2, 0) is 6.18 Å². The number of ether oxygens (including phenoxy) is 1. The number of halogens is 6. The summed E-state index contributed by atoms with van der Waals surface area (Å²) in [6.45, 7) is 0. The van der Waals surface area contributed by atoms with Gasteiger partial charge in [0, 0.05) is 12.1 Å². The lowest BCUT2D eigenvalue weighted by molar-refractivity contribution is -0.137. The van der Waals surface area contributed by atoms with Crippen molar-refractivity contribution in [2.75, 3.05) is 5.73 Å². The van der Waals surface area contributed by atoms with Crippen LogP contribution in [0.2, 0.25) is 5.02 Å². The second kappa shape index (κ2) is 5.69. The highest BCUT2D eigenvalue weighted by Crippen LogP contribution is 2.36. The maximum absolute atomic E-state index is 13.4. The highest BCUT2D eigenvalue weighted by atomic mass is 79.9. The smallest absolute Gasteiger partial charge is 0.416 e. The number of nitrogen functional groups attached to an aromatic ring is 1. The van der Waals surface area contributed by atoms with E-state index in [1.54, 1.807) is 0 Å². The van der Waals surface area contributed by atoms with Crippen molar-refractivity contribution in [1.29, 1.82) is 0 Å². The molecule has 0 aliphatic rings. The van der Waals surface area contributed by atoms with Crippen LogP contribution in [-0.4, -0.2) is 4.98 Å². The Hall–Kier alpha value is -1.54. The maximum atomic E-state index is 13.4. The number of aromatic nitrogens is 1. The number of pyridine rings is 1. The Labute approximate surface area is 129 Å². The SMILES string of the molecule is Nc1cc(C(F)(F)F)cc(Oc2cc(F)c(Cl)cc2Br)n1. The fourth-order valence-corrected chi connectivity index (χ4v) is 2.16. The standard InChI is InChI=1S/C12H6BrClF4N2O/c13-6-3-7(14)8(15)4-9(6)21-11-2-5(12(16,17)18)1-10(19)20-11/h1-4H,(H2,19,20). The summed E-state index contributed by atoms with van der Waals surface area (Å²) in [6, 6.07) is 3.47. The van der Waals surface area contributed by atoms with E-state index in [0.717, 1.165) is 6.07 Å². The first-order chi connectivity index (χ1) is 9.66. The van der Waals surface area contributed by atoms with Crippen molar-refractivity contribution >= 4 is 33.3 Å². The maximum Gasteiger partial charge on any atom is 0.416 e. The molecule has 0 amide bonds. The van der Waals surface area contributed by atoms with Crippen LogP contribution in [0.25, 0.3) is 0 Å². The van der Waals surface area contributed by atoms with E-state index >= 15 is 0 Å². The zero-order chi connectivity index (χ0) is 15.8. The van der Waals surface area contributed by atoms with Crippen molar-refractivity contribution in [3.8, 4) is 11.6 Å². The van der Waals surface area contributed by atoms with Crippen LogP contribution in [0, 0.1) is 5.82 Å². The summed E-state index contributed by atoms with van der Waals surface area (Å²) in [4.78, 5) is 3.62. The van der Waals surface area contributed by atoms with Crippen molar-refractivity contribution in [1.82, 2.24) is 4.98 Å². The fraction of sp³-hybridized carbons (Fsp3) is 0.0833. The van der Waals surface area contributed by atoms with Gasteiger partial charge in [0.15, 0.2) is 0 Å². The van der Waals surface area contributed by atoms with Crippen LogP contribution < -0.4 is 10.5 Å². The Kier molecular flexibility index (Phi) is 4.29. The summed E-state index contributed by atoms with van der Waals surface area (Å²) in [5, 5.41) is -0.161. The number of hydrogen-bond donors (Lipinski definition) is 1. The second-order valence-electron chi connectivity index (χ2n) is 3.92. The molecule has 9 heteroatoms. The quantitative estimate of drug-likeness (QED) is 0.583. The minimum atomic E-state index is -4.60. The normalized spacial score (nSPS) is 11.5. The van der Waals surface area contributed by atoms with Gasteiger partial charge in [-0.15, -0.1) is 0 Å². The van der Waals surface area contributed by atoms with Gasteiger partial charge in [-0.3, -0.25) is 0 Å². The monoisotopic (exact) mass is 384 g/mol. The molecule has 0 fully saturated rings. The average molecular weight is 386 g/mol. The van der Waals surface area contributed by atoms with Crippen LogP contribution >= 0.6 is 27.5 Å². The molecule has 0 aliphatic carbocycles. The van der Waals surface area contributed by atoms with Crippen LogP contribution in [0.5, 0.6) is 11.6 Å². The zero-order valence-corrected chi connectivity index (χ0v) is 12.4. The molecule has 0 unspecified atom stereocenters. The summed E-state index contributed by atoms with van der Waals surface area (Å²) >= 11 is 8.61. The van der Waals surface area contributed by atoms with Crippen LogP contribution in [0.3, 0.4) is 0 Å². The van der Waals surface area contributed by atoms with E-state index in [4.69, 9.17) is 22.1 Å². The third kappa shape index (κ3) is 3.76. The molecule has 21 heavy (non-hydrogen) atoms. The van der Waals surface area contributed by atoms with Crippen molar-refractivity contribution < 1.29 is 22.3 Å². The molecule has 112 valence electrons. The van der Waals surface area contributed by atoms with Crippen molar-refractivity contribution in [2.45, 2.75) is 6.18 Å². The summed E-state index contributed by atoms with van der Waals surface area (Å²) in [5.74, 6) is -1.65. The number of anilines is 1.